The van der Waals surface area contributed by atoms with Crippen LogP contribution in [-0.2, 0) is 12.8 Å². The van der Waals surface area contributed by atoms with Crippen molar-refractivity contribution in [1.29, 1.82) is 0 Å². The lowest BCUT2D eigenvalue weighted by molar-refractivity contribution is 0.914. The van der Waals surface area contributed by atoms with E-state index in [0.29, 0.717) is 0 Å². The van der Waals surface area contributed by atoms with Crippen molar-refractivity contribution < 1.29 is 0 Å². The summed E-state index contributed by atoms with van der Waals surface area (Å²) < 4.78 is 0. The molecule has 4 nitrogen and oxygen atoms in total. The molecule has 19 heavy (non-hydrogen) atoms. The summed E-state index contributed by atoms with van der Waals surface area (Å²) in [5.41, 5.74) is 8.55. The van der Waals surface area contributed by atoms with E-state index in [0.717, 1.165) is 39.9 Å². The smallest absolute Gasteiger partial charge is 0.184 e. The van der Waals surface area contributed by atoms with Crippen LogP contribution in [0.1, 0.15) is 16.9 Å². The molecule has 3 aromatic heterocycles. The second-order valence-corrected chi connectivity index (χ2v) is 6.67. The van der Waals surface area contributed by atoms with Crippen molar-refractivity contribution in [3.63, 3.8) is 0 Å². The molecule has 1 aliphatic carbocycles. The third-order valence-electron chi connectivity index (χ3n) is 3.41. The fraction of sp³-hybridized carbons (Fsp3) is 0.231. The number of aryl methyl sites for hydroxylation is 1. The number of hydrogen-bond acceptors (Lipinski definition) is 5. The first-order chi connectivity index (χ1) is 9.33. The van der Waals surface area contributed by atoms with E-state index in [1.807, 2.05) is 17.5 Å². The minimum atomic E-state index is 0.736. The van der Waals surface area contributed by atoms with E-state index in [1.54, 1.807) is 22.7 Å². The van der Waals surface area contributed by atoms with Crippen LogP contribution in [0.4, 0.5) is 5.00 Å². The van der Waals surface area contributed by atoms with Crippen LogP contribution in [0.15, 0.2) is 17.5 Å². The molecule has 0 spiro atoms. The Morgan fingerprint density at radius 1 is 1.32 bits per heavy atom. The summed E-state index contributed by atoms with van der Waals surface area (Å²) in [6.07, 6.45) is 3.46. The summed E-state index contributed by atoms with van der Waals surface area (Å²) in [7, 11) is 0. The number of aromatic amines is 1. The maximum absolute atomic E-state index is 6.14. The highest BCUT2D eigenvalue weighted by Crippen LogP contribution is 2.42. The highest BCUT2D eigenvalue weighted by molar-refractivity contribution is 7.16. The van der Waals surface area contributed by atoms with Crippen molar-refractivity contribution in [1.82, 2.24) is 15.2 Å². The number of nitrogens with one attached hydrogen (secondary N) is 1. The number of thiophene rings is 2. The second-order valence-electron chi connectivity index (χ2n) is 4.58. The molecule has 0 bridgehead atoms. The van der Waals surface area contributed by atoms with Gasteiger partial charge in [0.1, 0.15) is 0 Å². The monoisotopic (exact) mass is 288 g/mol. The molecular weight excluding hydrogens is 276 g/mol. The Hall–Kier alpha value is -1.66. The van der Waals surface area contributed by atoms with E-state index in [2.05, 4.69) is 15.2 Å². The first-order valence-corrected chi connectivity index (χ1v) is 7.89. The lowest BCUT2D eigenvalue weighted by Crippen LogP contribution is -1.90. The molecule has 0 atom stereocenters. The van der Waals surface area contributed by atoms with Crippen LogP contribution in [0.3, 0.4) is 0 Å². The number of nitrogens with two attached hydrogens (primary N) is 1. The van der Waals surface area contributed by atoms with Gasteiger partial charge in [-0.15, -0.1) is 22.7 Å². The molecule has 0 fully saturated rings. The van der Waals surface area contributed by atoms with E-state index >= 15 is 0 Å². The van der Waals surface area contributed by atoms with Gasteiger partial charge in [-0.05, 0) is 36.3 Å². The van der Waals surface area contributed by atoms with Crippen molar-refractivity contribution in [2.45, 2.75) is 19.3 Å². The zero-order chi connectivity index (χ0) is 12.8. The Morgan fingerprint density at radius 2 is 2.26 bits per heavy atom. The van der Waals surface area contributed by atoms with Crippen LogP contribution in [-0.4, -0.2) is 15.2 Å². The zero-order valence-electron chi connectivity index (χ0n) is 10.1. The Kier molecular flexibility index (Phi) is 2.46. The zero-order valence-corrected chi connectivity index (χ0v) is 11.8. The maximum Gasteiger partial charge on any atom is 0.184 e. The Morgan fingerprint density at radius 3 is 3.11 bits per heavy atom. The largest absolute Gasteiger partial charge is 0.390 e. The van der Waals surface area contributed by atoms with Gasteiger partial charge < -0.3 is 5.73 Å². The lowest BCUT2D eigenvalue weighted by atomic mass is 10.1. The van der Waals surface area contributed by atoms with Crippen LogP contribution in [0.5, 0.6) is 0 Å². The van der Waals surface area contributed by atoms with E-state index < -0.39 is 0 Å². The Bertz CT molecular complexity index is 724. The van der Waals surface area contributed by atoms with Gasteiger partial charge in [0.25, 0.3) is 0 Å². The van der Waals surface area contributed by atoms with Crippen LogP contribution in [0, 0.1) is 0 Å². The number of anilines is 1. The first-order valence-electron chi connectivity index (χ1n) is 6.19. The standard InChI is InChI=1S/C13H12N4S2/c14-11-10(7-3-1-4-8(7)19-11)13-15-12(16-17-13)9-5-2-6-18-9/h2,5-6H,1,3-4,14H2,(H,15,16,17). The summed E-state index contributed by atoms with van der Waals surface area (Å²) in [6.45, 7) is 0. The molecule has 0 amide bonds. The van der Waals surface area contributed by atoms with Crippen LogP contribution in [0.2, 0.25) is 0 Å². The minimum absolute atomic E-state index is 0.736. The lowest BCUT2D eigenvalue weighted by Gasteiger charge is -1.97. The highest BCUT2D eigenvalue weighted by Gasteiger charge is 2.24. The topological polar surface area (TPSA) is 67.6 Å². The molecule has 3 N–H and O–H groups in total. The van der Waals surface area contributed by atoms with Crippen molar-refractivity contribution in [2.24, 2.45) is 0 Å². The molecule has 0 saturated carbocycles. The number of hydrogen-bond donors (Lipinski definition) is 2. The Balaban J connectivity index is 1.82. The fourth-order valence-corrected chi connectivity index (χ4v) is 4.39. The highest BCUT2D eigenvalue weighted by atomic mass is 32.1. The number of nitrogens with zero attached hydrogens (tertiary/aromatic N) is 2. The maximum atomic E-state index is 6.14. The quantitative estimate of drug-likeness (QED) is 0.760. The normalized spacial score (nSPS) is 13.9. The predicted molar refractivity (Wildman–Crippen MR) is 79.4 cm³/mol. The first kappa shape index (κ1) is 11.2. The van der Waals surface area contributed by atoms with E-state index in [4.69, 9.17) is 5.73 Å². The van der Waals surface area contributed by atoms with Gasteiger partial charge in [0.15, 0.2) is 11.6 Å². The van der Waals surface area contributed by atoms with Gasteiger partial charge in [-0.2, -0.15) is 5.10 Å². The van der Waals surface area contributed by atoms with Crippen LogP contribution < -0.4 is 5.73 Å². The minimum Gasteiger partial charge on any atom is -0.390 e. The fourth-order valence-electron chi connectivity index (χ4n) is 2.57. The van der Waals surface area contributed by atoms with Gasteiger partial charge in [-0.25, -0.2) is 4.98 Å². The molecule has 0 radical (unpaired) electrons. The molecule has 3 aromatic rings. The molecule has 0 saturated heterocycles. The number of aromatic nitrogens is 3. The van der Waals surface area contributed by atoms with E-state index in [1.165, 1.54) is 16.9 Å². The van der Waals surface area contributed by atoms with Gasteiger partial charge in [0.05, 0.1) is 15.4 Å². The third kappa shape index (κ3) is 1.71. The SMILES string of the molecule is Nc1sc2c(c1-c1n[nH]c(-c3cccs3)n1)CCC2. The third-order valence-corrected chi connectivity index (χ3v) is 5.41. The van der Waals surface area contributed by atoms with Crippen molar-refractivity contribution >= 4 is 27.7 Å². The summed E-state index contributed by atoms with van der Waals surface area (Å²) in [6, 6.07) is 4.05. The average molecular weight is 288 g/mol. The molecular formula is C13H12N4S2. The van der Waals surface area contributed by atoms with Crippen molar-refractivity contribution in [3.8, 4) is 22.1 Å². The summed E-state index contributed by atoms with van der Waals surface area (Å²) in [4.78, 5) is 7.12. The summed E-state index contributed by atoms with van der Waals surface area (Å²) in [5.74, 6) is 1.56. The van der Waals surface area contributed by atoms with E-state index in [-0.39, 0.29) is 0 Å². The van der Waals surface area contributed by atoms with Gasteiger partial charge in [-0.3, -0.25) is 5.10 Å². The summed E-state index contributed by atoms with van der Waals surface area (Å²) in [5, 5.41) is 10.2. The number of fused-ring (bicyclic) bond motifs is 1. The van der Waals surface area contributed by atoms with Crippen LogP contribution in [0.25, 0.3) is 22.1 Å². The molecule has 0 unspecified atom stereocenters. The molecule has 6 heteroatoms. The van der Waals surface area contributed by atoms with Crippen molar-refractivity contribution in [2.75, 3.05) is 5.73 Å². The Labute approximate surface area is 118 Å². The predicted octanol–water partition coefficient (Wildman–Crippen LogP) is 3.33. The molecule has 0 aromatic carbocycles. The molecule has 1 aliphatic rings. The van der Waals surface area contributed by atoms with Gasteiger partial charge in [0.2, 0.25) is 0 Å². The number of rotatable bonds is 2. The average Bonchev–Trinajstić information content (AvgIpc) is 3.11. The van der Waals surface area contributed by atoms with Gasteiger partial charge >= 0.3 is 0 Å². The molecule has 96 valence electrons. The second kappa shape index (κ2) is 4.18. The molecule has 3 heterocycles. The summed E-state index contributed by atoms with van der Waals surface area (Å²) >= 11 is 3.35. The number of H-pyrrole nitrogens is 1. The molecule has 0 aliphatic heterocycles. The van der Waals surface area contributed by atoms with Crippen LogP contribution >= 0.6 is 22.7 Å². The van der Waals surface area contributed by atoms with E-state index in [9.17, 15) is 0 Å². The molecule has 4 rings (SSSR count). The van der Waals surface area contributed by atoms with Gasteiger partial charge in [0, 0.05) is 4.88 Å². The van der Waals surface area contributed by atoms with Gasteiger partial charge in [-0.1, -0.05) is 6.07 Å². The van der Waals surface area contributed by atoms with Crippen molar-refractivity contribution in [3.05, 3.63) is 28.0 Å². The number of nitrogen functional groups attached to an aromatic ring is 1.